The van der Waals surface area contributed by atoms with Gasteiger partial charge < -0.3 is 24.1 Å². The number of ketones is 1. The van der Waals surface area contributed by atoms with E-state index in [1.807, 2.05) is 25.7 Å². The number of likely N-dealkylation sites (tertiary alicyclic amines) is 1. The van der Waals surface area contributed by atoms with Crippen LogP contribution in [0.2, 0.25) is 0 Å². The molecule has 3 heterocycles. The fourth-order valence-electron chi connectivity index (χ4n) is 5.11. The summed E-state index contributed by atoms with van der Waals surface area (Å²) >= 11 is 0. The van der Waals surface area contributed by atoms with E-state index in [4.69, 9.17) is 18.9 Å². The van der Waals surface area contributed by atoms with Crippen molar-refractivity contribution in [1.82, 2.24) is 14.3 Å². The molecule has 1 N–H and O–H groups in total. The topological polar surface area (TPSA) is 112 Å². The highest BCUT2D eigenvalue weighted by molar-refractivity contribution is 6.02. The predicted molar refractivity (Wildman–Crippen MR) is 153 cm³/mol. The molecule has 0 bridgehead atoms. The van der Waals surface area contributed by atoms with Crippen LogP contribution in [0.3, 0.4) is 0 Å². The summed E-state index contributed by atoms with van der Waals surface area (Å²) in [4.78, 5) is 31.5. The van der Waals surface area contributed by atoms with Crippen LogP contribution in [-0.2, 0) is 9.53 Å². The van der Waals surface area contributed by atoms with Gasteiger partial charge in [-0.05, 0) is 57.7 Å². The van der Waals surface area contributed by atoms with Crippen molar-refractivity contribution in [1.29, 1.82) is 0 Å². The molecule has 1 saturated carbocycles. The zero-order chi connectivity index (χ0) is 30.9. The van der Waals surface area contributed by atoms with E-state index in [1.165, 1.54) is 13.2 Å². The SMILES string of the molecule is COc1cc(-c2cnc3cc(OCC(O)CN4CC(C(=O)OC(C)(C)C)C4)ccn23)cc(OC(F)F)c1C(=O)CC1CC1. The molecule has 43 heavy (non-hydrogen) atoms. The van der Waals surface area contributed by atoms with E-state index in [0.717, 1.165) is 12.8 Å². The van der Waals surface area contributed by atoms with Gasteiger partial charge in [0.25, 0.3) is 0 Å². The van der Waals surface area contributed by atoms with E-state index < -0.39 is 18.3 Å². The number of aliphatic hydroxyl groups excluding tert-OH is 1. The van der Waals surface area contributed by atoms with Gasteiger partial charge in [0.05, 0.1) is 24.9 Å². The minimum Gasteiger partial charge on any atom is -0.496 e. The Labute approximate surface area is 248 Å². The number of benzene rings is 1. The number of ether oxygens (including phenoxy) is 4. The highest BCUT2D eigenvalue weighted by Gasteiger charge is 2.36. The van der Waals surface area contributed by atoms with Crippen molar-refractivity contribution >= 4 is 17.4 Å². The number of methoxy groups -OCH3 is 1. The Bertz CT molecular complexity index is 1480. The maximum absolute atomic E-state index is 13.3. The number of halogens is 2. The second kappa shape index (κ2) is 12.5. The number of aromatic nitrogens is 2. The molecule has 0 radical (unpaired) electrons. The molecule has 10 nitrogen and oxygen atoms in total. The number of hydrogen-bond donors (Lipinski definition) is 1. The van der Waals surface area contributed by atoms with E-state index in [9.17, 15) is 23.5 Å². The molecule has 1 aromatic carbocycles. The highest BCUT2D eigenvalue weighted by atomic mass is 19.3. The van der Waals surface area contributed by atoms with Crippen LogP contribution >= 0.6 is 0 Å². The summed E-state index contributed by atoms with van der Waals surface area (Å²) in [5, 5.41) is 10.5. The molecular weight excluding hydrogens is 564 g/mol. The van der Waals surface area contributed by atoms with Gasteiger partial charge in [-0.25, -0.2) is 4.98 Å². The third-order valence-corrected chi connectivity index (χ3v) is 7.34. The molecule has 2 fully saturated rings. The second-order valence-electron chi connectivity index (χ2n) is 12.1. The number of rotatable bonds is 13. The predicted octanol–water partition coefficient (Wildman–Crippen LogP) is 4.61. The lowest BCUT2D eigenvalue weighted by molar-refractivity contribution is -0.166. The van der Waals surface area contributed by atoms with Gasteiger partial charge >= 0.3 is 12.6 Å². The monoisotopic (exact) mass is 601 g/mol. The Morgan fingerprint density at radius 3 is 2.51 bits per heavy atom. The van der Waals surface area contributed by atoms with Crippen molar-refractivity contribution in [2.45, 2.75) is 58.4 Å². The number of fused-ring (bicyclic) bond motifs is 1. The Hall–Kier alpha value is -3.77. The first-order valence-corrected chi connectivity index (χ1v) is 14.3. The van der Waals surface area contributed by atoms with Crippen molar-refractivity contribution < 1.29 is 42.4 Å². The molecule has 0 spiro atoms. The summed E-state index contributed by atoms with van der Waals surface area (Å²) in [6, 6.07) is 6.42. The van der Waals surface area contributed by atoms with E-state index in [1.54, 1.807) is 35.0 Å². The minimum atomic E-state index is -3.11. The first-order chi connectivity index (χ1) is 20.4. The average molecular weight is 602 g/mol. The number of esters is 1. The molecule has 12 heteroatoms. The van der Waals surface area contributed by atoms with Gasteiger partial charge in [0.15, 0.2) is 5.78 Å². The summed E-state index contributed by atoms with van der Waals surface area (Å²) in [7, 11) is 1.38. The molecule has 1 aliphatic carbocycles. The first kappa shape index (κ1) is 30.7. The summed E-state index contributed by atoms with van der Waals surface area (Å²) in [5.41, 5.74) is 1.05. The van der Waals surface area contributed by atoms with Crippen LogP contribution in [0.1, 0.15) is 50.4 Å². The molecule has 1 aliphatic heterocycles. The van der Waals surface area contributed by atoms with Gasteiger partial charge in [-0.15, -0.1) is 0 Å². The Kier molecular flexibility index (Phi) is 8.89. The van der Waals surface area contributed by atoms with Crippen molar-refractivity contribution in [3.05, 3.63) is 42.2 Å². The smallest absolute Gasteiger partial charge is 0.387 e. The van der Waals surface area contributed by atoms with Crippen LogP contribution < -0.4 is 14.2 Å². The van der Waals surface area contributed by atoms with Gasteiger partial charge in [-0.3, -0.25) is 18.9 Å². The summed E-state index contributed by atoms with van der Waals surface area (Å²) in [6.45, 7) is 3.84. The van der Waals surface area contributed by atoms with Crippen molar-refractivity contribution in [2.75, 3.05) is 33.4 Å². The fourth-order valence-corrected chi connectivity index (χ4v) is 5.11. The second-order valence-corrected chi connectivity index (χ2v) is 12.1. The molecule has 0 amide bonds. The summed E-state index contributed by atoms with van der Waals surface area (Å²) < 4.78 is 49.8. The molecule has 232 valence electrons. The molecule has 1 atom stereocenters. The number of β-amino-alcohol motifs (C(OH)–C–C–N with tert-alkyl or cyclic N) is 1. The minimum absolute atomic E-state index is 0.0140. The van der Waals surface area contributed by atoms with Crippen molar-refractivity contribution in [2.24, 2.45) is 11.8 Å². The first-order valence-electron chi connectivity index (χ1n) is 14.3. The molecule has 1 saturated heterocycles. The maximum atomic E-state index is 13.3. The summed E-state index contributed by atoms with van der Waals surface area (Å²) in [5.74, 6) is -0.0431. The molecule has 1 unspecified atom stereocenters. The average Bonchev–Trinajstić information content (AvgIpc) is 3.62. The number of pyridine rings is 1. The molecule has 3 aromatic rings. The zero-order valence-corrected chi connectivity index (χ0v) is 24.7. The van der Waals surface area contributed by atoms with E-state index in [-0.39, 0.29) is 53.7 Å². The third-order valence-electron chi connectivity index (χ3n) is 7.34. The van der Waals surface area contributed by atoms with E-state index in [2.05, 4.69) is 4.98 Å². The largest absolute Gasteiger partial charge is 0.496 e. The molecule has 5 rings (SSSR count). The lowest BCUT2D eigenvalue weighted by Gasteiger charge is -2.39. The quantitative estimate of drug-likeness (QED) is 0.222. The van der Waals surface area contributed by atoms with E-state index >= 15 is 0 Å². The molecule has 2 aromatic heterocycles. The highest BCUT2D eigenvalue weighted by Crippen LogP contribution is 2.40. The summed E-state index contributed by atoms with van der Waals surface area (Å²) in [6.07, 6.45) is 4.66. The molecular formula is C31H37F2N3O7. The molecule has 2 aliphatic rings. The maximum Gasteiger partial charge on any atom is 0.387 e. The van der Waals surface area contributed by atoms with Crippen molar-refractivity contribution in [3.8, 4) is 28.5 Å². The van der Waals surface area contributed by atoms with Crippen LogP contribution in [0.25, 0.3) is 16.9 Å². The van der Waals surface area contributed by atoms with Crippen LogP contribution in [-0.4, -0.2) is 82.8 Å². The standard InChI is InChI=1S/C31H37F2N3O7/c1-31(2,3)43-29(39)20-14-35(15-20)16-21(37)17-41-22-7-8-36-23(13-34-27(36)12-22)19-10-25(40-4)28(24(38)9-18-5-6-18)26(11-19)42-30(32)33/h7-8,10-13,18,20-21,30,37H,5-6,9,14-17H2,1-4H3. The lowest BCUT2D eigenvalue weighted by atomic mass is 9.99. The van der Waals surface area contributed by atoms with Crippen LogP contribution in [0, 0.1) is 11.8 Å². The number of carbonyl (C=O) groups is 2. The van der Waals surface area contributed by atoms with Gasteiger partial charge in [0.2, 0.25) is 0 Å². The Morgan fingerprint density at radius 2 is 1.86 bits per heavy atom. The van der Waals surface area contributed by atoms with Crippen LogP contribution in [0.15, 0.2) is 36.7 Å². The number of imidazole rings is 1. The number of aliphatic hydroxyl groups is 1. The van der Waals surface area contributed by atoms with Gasteiger partial charge in [-0.1, -0.05) is 0 Å². The number of Topliss-reactive ketones (excluding diaryl/α,β-unsaturated/α-hetero) is 1. The van der Waals surface area contributed by atoms with Crippen molar-refractivity contribution in [3.63, 3.8) is 0 Å². The Morgan fingerprint density at radius 1 is 1.14 bits per heavy atom. The third kappa shape index (κ3) is 7.61. The van der Waals surface area contributed by atoms with Crippen LogP contribution in [0.4, 0.5) is 8.78 Å². The van der Waals surface area contributed by atoms with Gasteiger partial charge in [0, 0.05) is 43.9 Å². The number of carbonyl (C=O) groups excluding carboxylic acids is 2. The zero-order valence-electron chi connectivity index (χ0n) is 24.7. The fraction of sp³-hybridized carbons (Fsp3) is 0.516. The van der Waals surface area contributed by atoms with Gasteiger partial charge in [-0.2, -0.15) is 8.78 Å². The Balaban J connectivity index is 1.24. The van der Waals surface area contributed by atoms with Gasteiger partial charge in [0.1, 0.15) is 46.8 Å². The lowest BCUT2D eigenvalue weighted by Crippen LogP contribution is -2.54. The number of alkyl halides is 2. The normalized spacial score (nSPS) is 16.7. The van der Waals surface area contributed by atoms with Crippen LogP contribution in [0.5, 0.6) is 17.2 Å². The number of hydrogen-bond acceptors (Lipinski definition) is 9. The number of nitrogens with zero attached hydrogens (tertiary/aromatic N) is 3. The van der Waals surface area contributed by atoms with E-state index in [0.29, 0.717) is 42.3 Å².